The van der Waals surface area contributed by atoms with Crippen LogP contribution in [0.15, 0.2) is 30.6 Å². The largest absolute Gasteiger partial charge is 0.310 e. The molecule has 0 spiro atoms. The molecule has 1 aromatic heterocycles. The topological polar surface area (TPSA) is 53.6 Å². The number of nitriles is 1. The molecule has 96 valence electrons. The smallest absolute Gasteiger partial charge is 0.217 e. The predicted octanol–water partition coefficient (Wildman–Crippen LogP) is 2.14. The van der Waals surface area contributed by atoms with Crippen molar-refractivity contribution in [2.24, 2.45) is 0 Å². The molecule has 3 rings (SSSR count). The van der Waals surface area contributed by atoms with E-state index in [1.54, 1.807) is 23.0 Å². The Hall–Kier alpha value is -2.19. The maximum absolute atomic E-state index is 13.4. The number of rotatable bonds is 4. The van der Waals surface area contributed by atoms with Crippen molar-refractivity contribution in [3.63, 3.8) is 0 Å². The van der Waals surface area contributed by atoms with Gasteiger partial charge in [0.05, 0.1) is 5.69 Å². The molecule has 5 heteroatoms. The minimum absolute atomic E-state index is 0.269. The van der Waals surface area contributed by atoms with E-state index < -0.39 is 0 Å². The Morgan fingerprint density at radius 1 is 1.47 bits per heavy atom. The van der Waals surface area contributed by atoms with E-state index >= 15 is 0 Å². The van der Waals surface area contributed by atoms with Crippen LogP contribution in [0.3, 0.4) is 0 Å². The summed E-state index contributed by atoms with van der Waals surface area (Å²) in [4.78, 5) is 3.97. The van der Waals surface area contributed by atoms with E-state index in [9.17, 15) is 4.39 Å². The molecular formula is C14H13FN4. The summed E-state index contributed by atoms with van der Waals surface area (Å²) >= 11 is 0. The van der Waals surface area contributed by atoms with E-state index in [0.717, 1.165) is 11.3 Å². The van der Waals surface area contributed by atoms with Gasteiger partial charge in [0.15, 0.2) is 0 Å². The Morgan fingerprint density at radius 2 is 2.32 bits per heavy atom. The molecule has 1 aliphatic rings. The molecule has 0 radical (unpaired) electrons. The minimum Gasteiger partial charge on any atom is -0.310 e. The molecule has 0 bridgehead atoms. The fourth-order valence-corrected chi connectivity index (χ4v) is 2.05. The first kappa shape index (κ1) is 11.9. The molecule has 0 unspecified atom stereocenters. The standard InChI is InChI=1S/C14H13FN4/c15-11-1-4-13(19-6-5-17-14(19)8-16)10(7-11)9-18-12-2-3-12/h1,4-7,12,18H,2-3,9H2. The number of aromatic nitrogens is 2. The zero-order chi connectivity index (χ0) is 13.2. The quantitative estimate of drug-likeness (QED) is 0.911. The number of nitrogens with zero attached hydrogens (tertiary/aromatic N) is 3. The van der Waals surface area contributed by atoms with Crippen LogP contribution in [-0.2, 0) is 6.54 Å². The number of nitrogens with one attached hydrogen (secondary N) is 1. The van der Waals surface area contributed by atoms with Crippen molar-refractivity contribution in [1.82, 2.24) is 14.9 Å². The summed E-state index contributed by atoms with van der Waals surface area (Å²) in [5.74, 6) is 0.0363. The van der Waals surface area contributed by atoms with Gasteiger partial charge < -0.3 is 5.32 Å². The van der Waals surface area contributed by atoms with Crippen molar-refractivity contribution in [3.8, 4) is 11.8 Å². The normalized spacial score (nSPS) is 14.3. The summed E-state index contributed by atoms with van der Waals surface area (Å²) in [6.07, 6.45) is 5.64. The molecule has 1 heterocycles. The van der Waals surface area contributed by atoms with Crippen molar-refractivity contribution in [1.29, 1.82) is 5.26 Å². The van der Waals surface area contributed by atoms with E-state index in [1.165, 1.54) is 25.0 Å². The summed E-state index contributed by atoms with van der Waals surface area (Å²) in [6, 6.07) is 7.17. The van der Waals surface area contributed by atoms with E-state index in [0.29, 0.717) is 18.4 Å². The number of hydrogen-bond acceptors (Lipinski definition) is 3. The van der Waals surface area contributed by atoms with Gasteiger partial charge in [-0.15, -0.1) is 0 Å². The first-order chi connectivity index (χ1) is 9.28. The van der Waals surface area contributed by atoms with Crippen LogP contribution in [-0.4, -0.2) is 15.6 Å². The lowest BCUT2D eigenvalue weighted by atomic mass is 10.1. The Bertz CT molecular complexity index is 637. The van der Waals surface area contributed by atoms with Gasteiger partial charge >= 0.3 is 0 Å². The van der Waals surface area contributed by atoms with E-state index in [2.05, 4.69) is 10.3 Å². The molecule has 0 saturated heterocycles. The van der Waals surface area contributed by atoms with Crippen LogP contribution in [0.25, 0.3) is 5.69 Å². The Balaban J connectivity index is 1.97. The Kier molecular flexibility index (Phi) is 3.02. The summed E-state index contributed by atoms with van der Waals surface area (Å²) in [5, 5.41) is 12.4. The van der Waals surface area contributed by atoms with Crippen LogP contribution < -0.4 is 5.32 Å². The van der Waals surface area contributed by atoms with Gasteiger partial charge in [0, 0.05) is 25.0 Å². The highest BCUT2D eigenvalue weighted by Crippen LogP contribution is 2.22. The molecule has 1 N–H and O–H groups in total. The lowest BCUT2D eigenvalue weighted by Crippen LogP contribution is -2.17. The van der Waals surface area contributed by atoms with Crippen LogP contribution in [0.4, 0.5) is 4.39 Å². The van der Waals surface area contributed by atoms with Gasteiger partial charge in [-0.2, -0.15) is 5.26 Å². The third kappa shape index (κ3) is 2.49. The molecule has 1 fully saturated rings. The number of imidazole rings is 1. The van der Waals surface area contributed by atoms with Crippen LogP contribution in [0.1, 0.15) is 24.2 Å². The fraction of sp³-hybridized carbons (Fsp3) is 0.286. The van der Waals surface area contributed by atoms with Crippen molar-refractivity contribution in [2.45, 2.75) is 25.4 Å². The summed E-state index contributed by atoms with van der Waals surface area (Å²) in [5.41, 5.74) is 1.63. The molecular weight excluding hydrogens is 243 g/mol. The van der Waals surface area contributed by atoms with Crippen molar-refractivity contribution >= 4 is 0 Å². The highest BCUT2D eigenvalue weighted by molar-refractivity contribution is 5.44. The van der Waals surface area contributed by atoms with Crippen molar-refractivity contribution in [2.75, 3.05) is 0 Å². The third-order valence-electron chi connectivity index (χ3n) is 3.20. The maximum atomic E-state index is 13.4. The second kappa shape index (κ2) is 4.82. The summed E-state index contributed by atoms with van der Waals surface area (Å²) in [7, 11) is 0. The van der Waals surface area contributed by atoms with Crippen LogP contribution >= 0.6 is 0 Å². The molecule has 1 saturated carbocycles. The van der Waals surface area contributed by atoms with Gasteiger partial charge in [-0.25, -0.2) is 9.37 Å². The second-order valence-corrected chi connectivity index (χ2v) is 4.66. The van der Waals surface area contributed by atoms with E-state index in [4.69, 9.17) is 5.26 Å². The molecule has 0 amide bonds. The Labute approximate surface area is 110 Å². The summed E-state index contributed by atoms with van der Waals surface area (Å²) in [6.45, 7) is 0.598. The van der Waals surface area contributed by atoms with Gasteiger partial charge in [-0.05, 0) is 36.6 Å². The fourth-order valence-electron chi connectivity index (χ4n) is 2.05. The van der Waals surface area contributed by atoms with Gasteiger partial charge in [-0.1, -0.05) is 0 Å². The van der Waals surface area contributed by atoms with E-state index in [-0.39, 0.29) is 5.82 Å². The third-order valence-corrected chi connectivity index (χ3v) is 3.20. The SMILES string of the molecule is N#Cc1nccn1-c1ccc(F)cc1CNC1CC1. The second-order valence-electron chi connectivity index (χ2n) is 4.66. The van der Waals surface area contributed by atoms with Crippen molar-refractivity contribution < 1.29 is 4.39 Å². The number of benzene rings is 1. The molecule has 1 aliphatic carbocycles. The lowest BCUT2D eigenvalue weighted by molar-refractivity contribution is 0.618. The zero-order valence-electron chi connectivity index (χ0n) is 10.3. The van der Waals surface area contributed by atoms with Gasteiger partial charge in [0.2, 0.25) is 5.82 Å². The molecule has 1 aromatic carbocycles. The highest BCUT2D eigenvalue weighted by atomic mass is 19.1. The van der Waals surface area contributed by atoms with Crippen LogP contribution in [0.2, 0.25) is 0 Å². The number of halogens is 1. The average Bonchev–Trinajstić information content (AvgIpc) is 3.13. The van der Waals surface area contributed by atoms with Gasteiger partial charge in [-0.3, -0.25) is 4.57 Å². The molecule has 2 aromatic rings. The monoisotopic (exact) mass is 256 g/mol. The molecule has 4 nitrogen and oxygen atoms in total. The first-order valence-corrected chi connectivity index (χ1v) is 6.23. The van der Waals surface area contributed by atoms with Crippen molar-refractivity contribution in [3.05, 3.63) is 47.8 Å². The number of hydrogen-bond donors (Lipinski definition) is 1. The van der Waals surface area contributed by atoms with E-state index in [1.807, 2.05) is 6.07 Å². The maximum Gasteiger partial charge on any atom is 0.217 e. The lowest BCUT2D eigenvalue weighted by Gasteiger charge is -2.12. The van der Waals surface area contributed by atoms with Gasteiger partial charge in [0.1, 0.15) is 11.9 Å². The first-order valence-electron chi connectivity index (χ1n) is 6.23. The van der Waals surface area contributed by atoms with Crippen LogP contribution in [0.5, 0.6) is 0 Å². The summed E-state index contributed by atoms with van der Waals surface area (Å²) < 4.78 is 15.1. The predicted molar refractivity (Wildman–Crippen MR) is 68.1 cm³/mol. The minimum atomic E-state index is -0.269. The van der Waals surface area contributed by atoms with Gasteiger partial charge in [0.25, 0.3) is 0 Å². The van der Waals surface area contributed by atoms with Crippen LogP contribution in [0, 0.1) is 17.1 Å². The zero-order valence-corrected chi connectivity index (χ0v) is 10.3. The Morgan fingerprint density at radius 3 is 3.05 bits per heavy atom. The molecule has 0 atom stereocenters. The average molecular weight is 256 g/mol. The molecule has 19 heavy (non-hydrogen) atoms. The highest BCUT2D eigenvalue weighted by Gasteiger charge is 2.21. The molecule has 0 aliphatic heterocycles.